The molecule has 24 heavy (non-hydrogen) atoms. The van der Waals surface area contributed by atoms with Crippen LogP contribution in [-0.4, -0.2) is 33.7 Å². The van der Waals surface area contributed by atoms with E-state index in [1.807, 2.05) is 0 Å². The van der Waals surface area contributed by atoms with Gasteiger partial charge in [0.15, 0.2) is 0 Å². The summed E-state index contributed by atoms with van der Waals surface area (Å²) >= 11 is 0. The highest BCUT2D eigenvalue weighted by atomic mass is 19.4. The Bertz CT molecular complexity index is 775. The number of rotatable bonds is 3. The van der Waals surface area contributed by atoms with Crippen molar-refractivity contribution in [2.24, 2.45) is 4.99 Å². The van der Waals surface area contributed by atoms with Gasteiger partial charge in [-0.1, -0.05) is 60.7 Å². The van der Waals surface area contributed by atoms with Crippen LogP contribution in [0.2, 0.25) is 0 Å². The van der Waals surface area contributed by atoms with Gasteiger partial charge in [0, 0.05) is 5.56 Å². The highest BCUT2D eigenvalue weighted by Gasteiger charge is 2.65. The van der Waals surface area contributed by atoms with Crippen molar-refractivity contribution in [2.45, 2.75) is 18.4 Å². The van der Waals surface area contributed by atoms with Gasteiger partial charge < -0.3 is 5.11 Å². The standard InChI is InChI=1S/C17H13F3N2O2/c18-17(19,20)16(24)15(23)22(11-12-7-3-1-4-8-12)14(21-16)13-9-5-2-6-10-13/h1-10,24H,11H2/t16-/m0/s1. The third-order valence-electron chi connectivity index (χ3n) is 3.68. The third-order valence-corrected chi connectivity index (χ3v) is 3.68. The van der Waals surface area contributed by atoms with Crippen molar-refractivity contribution < 1.29 is 23.1 Å². The lowest BCUT2D eigenvalue weighted by Gasteiger charge is -2.23. The van der Waals surface area contributed by atoms with Crippen molar-refractivity contribution in [1.29, 1.82) is 0 Å². The van der Waals surface area contributed by atoms with Gasteiger partial charge in [0.25, 0.3) is 5.91 Å². The van der Waals surface area contributed by atoms with E-state index in [4.69, 9.17) is 0 Å². The molecular weight excluding hydrogens is 321 g/mol. The molecule has 1 atom stereocenters. The van der Waals surface area contributed by atoms with Crippen LogP contribution in [0.25, 0.3) is 0 Å². The Hall–Kier alpha value is -2.67. The number of alkyl halides is 3. The molecule has 3 rings (SSSR count). The number of hydrogen-bond donors (Lipinski definition) is 1. The van der Waals surface area contributed by atoms with Crippen molar-refractivity contribution in [1.82, 2.24) is 4.90 Å². The van der Waals surface area contributed by atoms with E-state index in [1.165, 1.54) is 12.1 Å². The van der Waals surface area contributed by atoms with Crippen LogP contribution in [0.5, 0.6) is 0 Å². The van der Waals surface area contributed by atoms with Crippen molar-refractivity contribution in [2.75, 3.05) is 0 Å². The molecule has 0 saturated carbocycles. The maximum Gasteiger partial charge on any atom is 0.448 e. The third kappa shape index (κ3) is 2.67. The molecule has 1 aliphatic rings. The molecule has 0 saturated heterocycles. The SMILES string of the molecule is O=C1N(Cc2ccccc2)C(c2ccccc2)=N[C@@]1(O)C(F)(F)F. The predicted molar refractivity (Wildman–Crippen MR) is 81.0 cm³/mol. The quantitative estimate of drug-likeness (QED) is 0.938. The van der Waals surface area contributed by atoms with Gasteiger partial charge in [-0.25, -0.2) is 4.99 Å². The van der Waals surface area contributed by atoms with E-state index in [9.17, 15) is 23.1 Å². The summed E-state index contributed by atoms with van der Waals surface area (Å²) in [6, 6.07) is 16.5. The van der Waals surface area contributed by atoms with Crippen LogP contribution in [-0.2, 0) is 11.3 Å². The number of aliphatic imine (C=N–C) groups is 1. The summed E-state index contributed by atoms with van der Waals surface area (Å²) in [6.45, 7) is -0.119. The lowest BCUT2D eigenvalue weighted by molar-refractivity contribution is -0.248. The minimum absolute atomic E-state index is 0.119. The van der Waals surface area contributed by atoms with Crippen LogP contribution in [0.4, 0.5) is 13.2 Å². The molecule has 4 nitrogen and oxygen atoms in total. The number of halogens is 3. The zero-order valence-electron chi connectivity index (χ0n) is 12.4. The van der Waals surface area contributed by atoms with Gasteiger partial charge >= 0.3 is 11.9 Å². The average molecular weight is 334 g/mol. The molecule has 0 aliphatic carbocycles. The fraction of sp³-hybridized carbons (Fsp3) is 0.176. The normalized spacial score (nSPS) is 21.1. The van der Waals surface area contributed by atoms with E-state index in [2.05, 4.69) is 4.99 Å². The van der Waals surface area contributed by atoms with Crippen molar-refractivity contribution in [3.05, 3.63) is 71.8 Å². The molecular formula is C17H13F3N2O2. The molecule has 2 aromatic rings. The van der Waals surface area contributed by atoms with Crippen LogP contribution in [0.15, 0.2) is 65.7 Å². The number of aliphatic hydroxyl groups is 1. The number of amides is 1. The molecule has 1 heterocycles. The smallest absolute Gasteiger partial charge is 0.355 e. The first-order valence-corrected chi connectivity index (χ1v) is 7.13. The summed E-state index contributed by atoms with van der Waals surface area (Å²) < 4.78 is 39.6. The molecule has 124 valence electrons. The molecule has 0 bridgehead atoms. The van der Waals surface area contributed by atoms with Gasteiger partial charge in [0.2, 0.25) is 0 Å². The topological polar surface area (TPSA) is 52.9 Å². The maximum absolute atomic E-state index is 13.2. The molecule has 0 aromatic heterocycles. The average Bonchev–Trinajstić information content (AvgIpc) is 2.83. The lowest BCUT2D eigenvalue weighted by atomic mass is 10.1. The Morgan fingerprint density at radius 3 is 2.08 bits per heavy atom. The van der Waals surface area contributed by atoms with Crippen molar-refractivity contribution in [3.63, 3.8) is 0 Å². The van der Waals surface area contributed by atoms with E-state index in [-0.39, 0.29) is 12.4 Å². The number of hydrogen-bond acceptors (Lipinski definition) is 3. The van der Waals surface area contributed by atoms with Crippen LogP contribution in [0.1, 0.15) is 11.1 Å². The van der Waals surface area contributed by atoms with E-state index in [1.54, 1.807) is 48.5 Å². The van der Waals surface area contributed by atoms with Crippen LogP contribution in [0.3, 0.4) is 0 Å². The van der Waals surface area contributed by atoms with Gasteiger partial charge in [-0.3, -0.25) is 9.69 Å². The lowest BCUT2D eigenvalue weighted by Crippen LogP contribution is -2.52. The highest BCUT2D eigenvalue weighted by Crippen LogP contribution is 2.38. The first-order chi connectivity index (χ1) is 11.3. The van der Waals surface area contributed by atoms with Crippen LogP contribution >= 0.6 is 0 Å². The van der Waals surface area contributed by atoms with E-state index in [0.29, 0.717) is 11.1 Å². The Morgan fingerprint density at radius 1 is 1.00 bits per heavy atom. The Balaban J connectivity index is 2.06. The molecule has 0 radical (unpaired) electrons. The van der Waals surface area contributed by atoms with E-state index >= 15 is 0 Å². The second-order valence-electron chi connectivity index (χ2n) is 5.35. The van der Waals surface area contributed by atoms with Crippen molar-refractivity contribution >= 4 is 11.7 Å². The fourth-order valence-corrected chi connectivity index (χ4v) is 2.45. The molecule has 2 aromatic carbocycles. The number of nitrogens with zero attached hydrogens (tertiary/aromatic N) is 2. The molecule has 1 N–H and O–H groups in total. The summed E-state index contributed by atoms with van der Waals surface area (Å²) in [6.07, 6.45) is -5.20. The van der Waals surface area contributed by atoms with Gasteiger partial charge in [0.05, 0.1) is 6.54 Å². The Labute approximate surface area is 135 Å². The van der Waals surface area contributed by atoms with Crippen LogP contribution in [0, 0.1) is 0 Å². The summed E-state index contributed by atoms with van der Waals surface area (Å²) in [5.41, 5.74) is -2.81. The summed E-state index contributed by atoms with van der Waals surface area (Å²) in [5.74, 6) is -1.71. The molecule has 7 heteroatoms. The van der Waals surface area contributed by atoms with Crippen LogP contribution < -0.4 is 0 Å². The second-order valence-corrected chi connectivity index (χ2v) is 5.35. The minimum atomic E-state index is -5.20. The molecule has 1 amide bonds. The summed E-state index contributed by atoms with van der Waals surface area (Å²) in [5, 5.41) is 9.87. The predicted octanol–water partition coefficient (Wildman–Crippen LogP) is 2.73. The first kappa shape index (κ1) is 16.2. The van der Waals surface area contributed by atoms with Gasteiger partial charge in [0.1, 0.15) is 5.84 Å². The first-order valence-electron chi connectivity index (χ1n) is 7.13. The fourth-order valence-electron chi connectivity index (χ4n) is 2.45. The zero-order chi connectivity index (χ0) is 17.4. The second kappa shape index (κ2) is 5.76. The Morgan fingerprint density at radius 2 is 1.54 bits per heavy atom. The number of carbonyl (C=O) groups excluding carboxylic acids is 1. The van der Waals surface area contributed by atoms with Gasteiger partial charge in [-0.05, 0) is 5.56 Å². The zero-order valence-corrected chi connectivity index (χ0v) is 12.4. The van der Waals surface area contributed by atoms with Gasteiger partial charge in [-0.15, -0.1) is 0 Å². The Kier molecular flexibility index (Phi) is 3.88. The number of benzene rings is 2. The minimum Gasteiger partial charge on any atom is -0.355 e. The molecule has 0 fully saturated rings. The van der Waals surface area contributed by atoms with Gasteiger partial charge in [-0.2, -0.15) is 13.2 Å². The molecule has 0 spiro atoms. The summed E-state index contributed by atoms with van der Waals surface area (Å²) in [7, 11) is 0. The number of carbonyl (C=O) groups is 1. The molecule has 0 unspecified atom stereocenters. The van der Waals surface area contributed by atoms with E-state index in [0.717, 1.165) is 4.90 Å². The highest BCUT2D eigenvalue weighted by molar-refractivity contribution is 6.14. The maximum atomic E-state index is 13.2. The summed E-state index contributed by atoms with van der Waals surface area (Å²) in [4.78, 5) is 16.5. The molecule has 1 aliphatic heterocycles. The number of amidine groups is 1. The van der Waals surface area contributed by atoms with E-state index < -0.39 is 17.8 Å². The largest absolute Gasteiger partial charge is 0.448 e. The van der Waals surface area contributed by atoms with Crippen molar-refractivity contribution in [3.8, 4) is 0 Å². The monoisotopic (exact) mass is 334 g/mol.